The fourth-order valence-electron chi connectivity index (χ4n) is 3.86. The van der Waals surface area contributed by atoms with Crippen LogP contribution in [0.5, 0.6) is 0 Å². The van der Waals surface area contributed by atoms with Crippen LogP contribution in [0, 0.1) is 5.92 Å². The van der Waals surface area contributed by atoms with Gasteiger partial charge in [0.1, 0.15) is 0 Å². The van der Waals surface area contributed by atoms with Crippen LogP contribution in [-0.4, -0.2) is 31.3 Å². The van der Waals surface area contributed by atoms with Gasteiger partial charge in [0.05, 0.1) is 17.3 Å². The summed E-state index contributed by atoms with van der Waals surface area (Å²) in [6.45, 7) is 1.77. The maximum absolute atomic E-state index is 13.2. The van der Waals surface area contributed by atoms with Gasteiger partial charge < -0.3 is 15.5 Å². The molecular weight excluding hydrogens is 367 g/mol. The molecule has 4 nitrogen and oxygen atoms in total. The van der Waals surface area contributed by atoms with Crippen molar-refractivity contribution in [3.8, 4) is 0 Å². The van der Waals surface area contributed by atoms with Crippen molar-refractivity contribution in [1.29, 1.82) is 0 Å². The van der Waals surface area contributed by atoms with Gasteiger partial charge in [-0.25, -0.2) is 4.79 Å². The standard InChI is InChI=1S/C18H23ClF3N3O/c19-12-7-8-16(25-9-3-4-10-25)15(11-12)24-17(26)23-14-6-2-1-5-13(14)18(20,21)22/h7-8,11,13-14H,1-6,9-10H2,(H2,23,24,26)/t13-,14+/m0/s1. The monoisotopic (exact) mass is 389 g/mol. The Bertz CT molecular complexity index is 647. The molecule has 0 aromatic heterocycles. The van der Waals surface area contributed by atoms with Gasteiger partial charge in [-0.3, -0.25) is 0 Å². The van der Waals surface area contributed by atoms with Crippen LogP contribution in [-0.2, 0) is 0 Å². The molecule has 1 aromatic carbocycles. The third-order valence-electron chi connectivity index (χ3n) is 5.16. The Hall–Kier alpha value is -1.63. The summed E-state index contributed by atoms with van der Waals surface area (Å²) in [6.07, 6.45) is -0.524. The Kier molecular flexibility index (Phi) is 5.85. The number of hydrogen-bond donors (Lipinski definition) is 2. The lowest BCUT2D eigenvalue weighted by Crippen LogP contribution is -2.49. The van der Waals surface area contributed by atoms with E-state index >= 15 is 0 Å². The summed E-state index contributed by atoms with van der Waals surface area (Å²) in [4.78, 5) is 14.5. The van der Waals surface area contributed by atoms with Crippen LogP contribution in [0.4, 0.5) is 29.3 Å². The third-order valence-corrected chi connectivity index (χ3v) is 5.39. The Labute approximate surface area is 156 Å². The van der Waals surface area contributed by atoms with E-state index in [0.29, 0.717) is 30.0 Å². The largest absolute Gasteiger partial charge is 0.393 e. The van der Waals surface area contributed by atoms with E-state index in [1.165, 1.54) is 0 Å². The highest BCUT2D eigenvalue weighted by atomic mass is 35.5. The first-order chi connectivity index (χ1) is 12.3. The zero-order valence-corrected chi connectivity index (χ0v) is 15.2. The number of nitrogens with zero attached hydrogens (tertiary/aromatic N) is 1. The van der Waals surface area contributed by atoms with Gasteiger partial charge >= 0.3 is 12.2 Å². The van der Waals surface area contributed by atoms with Crippen molar-refractivity contribution >= 4 is 29.0 Å². The minimum absolute atomic E-state index is 0.0602. The highest BCUT2D eigenvalue weighted by Gasteiger charge is 2.46. The number of carbonyl (C=O) groups is 1. The molecule has 26 heavy (non-hydrogen) atoms. The second kappa shape index (κ2) is 7.94. The lowest BCUT2D eigenvalue weighted by molar-refractivity contribution is -0.187. The number of benzene rings is 1. The Morgan fingerprint density at radius 1 is 1.12 bits per heavy atom. The number of urea groups is 1. The van der Waals surface area contributed by atoms with Crippen molar-refractivity contribution in [2.24, 2.45) is 5.92 Å². The number of nitrogens with one attached hydrogen (secondary N) is 2. The highest BCUT2D eigenvalue weighted by Crippen LogP contribution is 2.38. The van der Waals surface area contributed by atoms with E-state index in [2.05, 4.69) is 15.5 Å². The predicted molar refractivity (Wildman–Crippen MR) is 96.9 cm³/mol. The van der Waals surface area contributed by atoms with Crippen LogP contribution < -0.4 is 15.5 Å². The van der Waals surface area contributed by atoms with Gasteiger partial charge in [-0.1, -0.05) is 24.4 Å². The van der Waals surface area contributed by atoms with Crippen molar-refractivity contribution in [3.05, 3.63) is 23.2 Å². The van der Waals surface area contributed by atoms with Gasteiger partial charge in [0.2, 0.25) is 0 Å². The molecule has 2 amide bonds. The molecule has 2 aliphatic rings. The first-order valence-electron chi connectivity index (χ1n) is 9.03. The molecule has 0 spiro atoms. The molecule has 144 valence electrons. The second-order valence-corrected chi connectivity index (χ2v) is 7.43. The maximum Gasteiger partial charge on any atom is 0.393 e. The molecule has 2 atom stereocenters. The molecule has 1 heterocycles. The summed E-state index contributed by atoms with van der Waals surface area (Å²) in [7, 11) is 0. The van der Waals surface area contributed by atoms with Crippen molar-refractivity contribution in [2.75, 3.05) is 23.3 Å². The maximum atomic E-state index is 13.2. The zero-order valence-electron chi connectivity index (χ0n) is 14.4. The molecule has 1 saturated heterocycles. The molecule has 0 bridgehead atoms. The first kappa shape index (κ1) is 19.1. The van der Waals surface area contributed by atoms with E-state index in [1.54, 1.807) is 12.1 Å². The minimum atomic E-state index is -4.30. The lowest BCUT2D eigenvalue weighted by atomic mass is 9.84. The number of hydrogen-bond acceptors (Lipinski definition) is 2. The Morgan fingerprint density at radius 2 is 1.81 bits per heavy atom. The van der Waals surface area contributed by atoms with Crippen LogP contribution in [0.15, 0.2) is 18.2 Å². The summed E-state index contributed by atoms with van der Waals surface area (Å²) in [5.74, 6) is -1.49. The number of amides is 2. The Morgan fingerprint density at radius 3 is 2.50 bits per heavy atom. The molecule has 2 N–H and O–H groups in total. The molecule has 0 unspecified atom stereocenters. The Balaban J connectivity index is 1.70. The second-order valence-electron chi connectivity index (χ2n) is 6.99. The van der Waals surface area contributed by atoms with Gasteiger partial charge in [0, 0.05) is 24.2 Å². The number of halogens is 4. The average molecular weight is 390 g/mol. The smallest absolute Gasteiger partial charge is 0.370 e. The fourth-order valence-corrected chi connectivity index (χ4v) is 4.04. The summed E-state index contributed by atoms with van der Waals surface area (Å²) in [6, 6.07) is 3.71. The molecule has 1 aliphatic carbocycles. The molecule has 1 aromatic rings. The van der Waals surface area contributed by atoms with E-state index in [-0.39, 0.29) is 6.42 Å². The number of alkyl halides is 3. The molecule has 2 fully saturated rings. The van der Waals surface area contributed by atoms with Crippen molar-refractivity contribution in [3.63, 3.8) is 0 Å². The van der Waals surface area contributed by atoms with Crippen LogP contribution in [0.2, 0.25) is 5.02 Å². The van der Waals surface area contributed by atoms with Gasteiger partial charge in [-0.2, -0.15) is 13.2 Å². The number of anilines is 2. The summed E-state index contributed by atoms with van der Waals surface area (Å²) in [5, 5.41) is 5.70. The van der Waals surface area contributed by atoms with Gasteiger partial charge in [0.15, 0.2) is 0 Å². The average Bonchev–Trinajstić information content (AvgIpc) is 3.08. The van der Waals surface area contributed by atoms with Crippen molar-refractivity contribution in [1.82, 2.24) is 5.32 Å². The molecule has 8 heteroatoms. The van der Waals surface area contributed by atoms with Gasteiger partial charge in [-0.15, -0.1) is 0 Å². The molecule has 0 radical (unpaired) electrons. The van der Waals surface area contributed by atoms with Crippen molar-refractivity contribution < 1.29 is 18.0 Å². The highest BCUT2D eigenvalue weighted by molar-refractivity contribution is 6.31. The van der Waals surface area contributed by atoms with Crippen LogP contribution >= 0.6 is 11.6 Å². The fraction of sp³-hybridized carbons (Fsp3) is 0.611. The molecule has 3 rings (SSSR count). The van der Waals surface area contributed by atoms with Crippen LogP contribution in [0.3, 0.4) is 0 Å². The van der Waals surface area contributed by atoms with E-state index in [0.717, 1.165) is 31.6 Å². The first-order valence-corrected chi connectivity index (χ1v) is 9.41. The quantitative estimate of drug-likeness (QED) is 0.747. The van der Waals surface area contributed by atoms with Gasteiger partial charge in [-0.05, 0) is 43.9 Å². The van der Waals surface area contributed by atoms with Crippen molar-refractivity contribution in [2.45, 2.75) is 50.7 Å². The molecule has 1 saturated carbocycles. The van der Waals surface area contributed by atoms with E-state index < -0.39 is 24.2 Å². The van der Waals surface area contributed by atoms with Gasteiger partial charge in [0.25, 0.3) is 0 Å². The third kappa shape index (κ3) is 4.55. The van der Waals surface area contributed by atoms with E-state index in [4.69, 9.17) is 11.6 Å². The molecule has 1 aliphatic heterocycles. The topological polar surface area (TPSA) is 44.4 Å². The predicted octanol–water partition coefficient (Wildman–Crippen LogP) is 5.18. The van der Waals surface area contributed by atoms with Crippen LogP contribution in [0.1, 0.15) is 38.5 Å². The summed E-state index contributed by atoms with van der Waals surface area (Å²) < 4.78 is 39.6. The summed E-state index contributed by atoms with van der Waals surface area (Å²) >= 11 is 6.04. The SMILES string of the molecule is O=C(Nc1cc(Cl)ccc1N1CCCC1)N[C@@H]1CCCC[C@@H]1C(F)(F)F. The zero-order chi connectivity index (χ0) is 18.7. The van der Waals surface area contributed by atoms with E-state index in [1.807, 2.05) is 6.07 Å². The number of rotatable bonds is 3. The summed E-state index contributed by atoms with van der Waals surface area (Å²) in [5.41, 5.74) is 1.37. The van der Waals surface area contributed by atoms with E-state index in [9.17, 15) is 18.0 Å². The normalized spacial score (nSPS) is 23.8. The minimum Gasteiger partial charge on any atom is -0.370 e. The number of carbonyl (C=O) groups excluding carboxylic acids is 1. The lowest BCUT2D eigenvalue weighted by Gasteiger charge is -2.33. The van der Waals surface area contributed by atoms with Crippen LogP contribution in [0.25, 0.3) is 0 Å². The molecular formula is C18H23ClF3N3O.